The molecule has 6 heteroatoms. The molecule has 1 aromatic carbocycles. The fraction of sp³-hybridized carbons (Fsp3) is 0.500. The predicted molar refractivity (Wildman–Crippen MR) is 84.5 cm³/mol. The van der Waals surface area contributed by atoms with Crippen molar-refractivity contribution in [1.29, 1.82) is 0 Å². The van der Waals surface area contributed by atoms with Gasteiger partial charge in [-0.2, -0.15) is 0 Å². The van der Waals surface area contributed by atoms with Crippen LogP contribution in [0.1, 0.15) is 24.8 Å². The summed E-state index contributed by atoms with van der Waals surface area (Å²) in [6, 6.07) is 7.63. The van der Waals surface area contributed by atoms with Crippen molar-refractivity contribution in [1.82, 2.24) is 4.90 Å². The van der Waals surface area contributed by atoms with Gasteiger partial charge in [-0.15, -0.1) is 0 Å². The molecule has 0 aliphatic carbocycles. The standard InChI is InChI=1S/C14H17Cl3N2O/c15-14(16,17)13(20)18-12-6-4-11(5-7-12)10-19-8-2-1-3-9-19/h4-7H,1-3,8-10H2,(H,18,20). The molecule has 20 heavy (non-hydrogen) atoms. The summed E-state index contributed by atoms with van der Waals surface area (Å²) in [6.45, 7) is 3.26. The van der Waals surface area contributed by atoms with E-state index in [9.17, 15) is 4.79 Å². The molecule has 1 N–H and O–H groups in total. The maximum Gasteiger partial charge on any atom is 0.276 e. The number of halogens is 3. The predicted octanol–water partition coefficient (Wildman–Crippen LogP) is 3.98. The molecule has 0 bridgehead atoms. The van der Waals surface area contributed by atoms with Crippen molar-refractivity contribution in [2.24, 2.45) is 0 Å². The van der Waals surface area contributed by atoms with E-state index in [2.05, 4.69) is 10.2 Å². The van der Waals surface area contributed by atoms with E-state index in [4.69, 9.17) is 34.8 Å². The first-order valence-electron chi connectivity index (χ1n) is 6.64. The van der Waals surface area contributed by atoms with Crippen LogP contribution in [0.3, 0.4) is 0 Å². The van der Waals surface area contributed by atoms with Crippen LogP contribution in [0.2, 0.25) is 0 Å². The number of carbonyl (C=O) groups excluding carboxylic acids is 1. The molecule has 0 atom stereocenters. The number of nitrogens with one attached hydrogen (secondary N) is 1. The lowest BCUT2D eigenvalue weighted by Gasteiger charge is -2.26. The average molecular weight is 336 g/mol. The van der Waals surface area contributed by atoms with Crippen LogP contribution in [0, 0.1) is 0 Å². The van der Waals surface area contributed by atoms with Gasteiger partial charge in [0.2, 0.25) is 0 Å². The van der Waals surface area contributed by atoms with Gasteiger partial charge in [0.25, 0.3) is 9.70 Å². The Hall–Kier alpha value is -0.480. The molecule has 2 rings (SSSR count). The summed E-state index contributed by atoms with van der Waals surface area (Å²) in [5.41, 5.74) is 1.85. The number of piperidine rings is 1. The number of hydrogen-bond donors (Lipinski definition) is 1. The summed E-state index contributed by atoms with van der Waals surface area (Å²) >= 11 is 16.5. The summed E-state index contributed by atoms with van der Waals surface area (Å²) in [5.74, 6) is -0.647. The molecule has 0 unspecified atom stereocenters. The van der Waals surface area contributed by atoms with Crippen molar-refractivity contribution >= 4 is 46.4 Å². The summed E-state index contributed by atoms with van der Waals surface area (Å²) in [4.78, 5) is 14.0. The minimum absolute atomic E-state index is 0.628. The number of benzene rings is 1. The number of alkyl halides is 3. The molecule has 110 valence electrons. The van der Waals surface area contributed by atoms with Gasteiger partial charge in [0.15, 0.2) is 0 Å². The minimum Gasteiger partial charge on any atom is -0.322 e. The first-order valence-corrected chi connectivity index (χ1v) is 7.78. The summed E-state index contributed by atoms with van der Waals surface area (Å²) in [7, 11) is 0. The molecule has 1 saturated heterocycles. The van der Waals surface area contributed by atoms with Gasteiger partial charge >= 0.3 is 0 Å². The highest BCUT2D eigenvalue weighted by molar-refractivity contribution is 6.76. The monoisotopic (exact) mass is 334 g/mol. The molecule has 0 aromatic heterocycles. The van der Waals surface area contributed by atoms with Gasteiger partial charge in [0, 0.05) is 12.2 Å². The quantitative estimate of drug-likeness (QED) is 0.847. The van der Waals surface area contributed by atoms with E-state index in [-0.39, 0.29) is 0 Å². The van der Waals surface area contributed by atoms with Gasteiger partial charge in [-0.25, -0.2) is 0 Å². The highest BCUT2D eigenvalue weighted by Crippen LogP contribution is 2.27. The maximum absolute atomic E-state index is 11.5. The lowest BCUT2D eigenvalue weighted by Crippen LogP contribution is -2.29. The van der Waals surface area contributed by atoms with Crippen LogP contribution < -0.4 is 5.32 Å². The SMILES string of the molecule is O=C(Nc1ccc(CN2CCCCC2)cc1)C(Cl)(Cl)Cl. The minimum atomic E-state index is -1.94. The van der Waals surface area contributed by atoms with Crippen molar-refractivity contribution in [3.8, 4) is 0 Å². The Morgan fingerprint density at radius 1 is 1.10 bits per heavy atom. The molecule has 0 radical (unpaired) electrons. The highest BCUT2D eigenvalue weighted by Gasteiger charge is 2.30. The highest BCUT2D eigenvalue weighted by atomic mass is 35.6. The molecular weight excluding hydrogens is 319 g/mol. The van der Waals surface area contributed by atoms with Crippen LogP contribution in [0.4, 0.5) is 5.69 Å². The van der Waals surface area contributed by atoms with E-state index in [1.165, 1.54) is 24.8 Å². The van der Waals surface area contributed by atoms with Gasteiger partial charge in [0.05, 0.1) is 0 Å². The van der Waals surface area contributed by atoms with E-state index < -0.39 is 9.70 Å². The topological polar surface area (TPSA) is 32.3 Å². The Balaban J connectivity index is 1.91. The Morgan fingerprint density at radius 3 is 2.25 bits per heavy atom. The number of likely N-dealkylation sites (tertiary alicyclic amines) is 1. The zero-order chi connectivity index (χ0) is 14.6. The first-order chi connectivity index (χ1) is 9.45. The second-order valence-electron chi connectivity index (χ2n) is 4.99. The third-order valence-electron chi connectivity index (χ3n) is 3.32. The molecule has 1 fully saturated rings. The van der Waals surface area contributed by atoms with Crippen LogP contribution in [-0.4, -0.2) is 27.7 Å². The fourth-order valence-electron chi connectivity index (χ4n) is 2.27. The van der Waals surface area contributed by atoms with E-state index in [1.807, 2.05) is 24.3 Å². The second-order valence-corrected chi connectivity index (χ2v) is 7.27. The first kappa shape index (κ1) is 15.9. The fourth-order valence-corrected chi connectivity index (χ4v) is 2.41. The Labute approximate surface area is 134 Å². The number of hydrogen-bond acceptors (Lipinski definition) is 2. The molecule has 0 saturated carbocycles. The number of rotatable bonds is 3. The molecule has 3 nitrogen and oxygen atoms in total. The normalized spacial score (nSPS) is 16.9. The number of anilines is 1. The third-order valence-corrected chi connectivity index (χ3v) is 3.84. The Morgan fingerprint density at radius 2 is 1.70 bits per heavy atom. The molecule has 1 amide bonds. The summed E-state index contributed by atoms with van der Waals surface area (Å²) in [5, 5.41) is 2.56. The summed E-state index contributed by atoms with van der Waals surface area (Å²) in [6.07, 6.45) is 3.88. The smallest absolute Gasteiger partial charge is 0.276 e. The van der Waals surface area contributed by atoms with Gasteiger partial charge in [-0.1, -0.05) is 53.4 Å². The van der Waals surface area contributed by atoms with E-state index in [0.717, 1.165) is 19.6 Å². The summed E-state index contributed by atoms with van der Waals surface area (Å²) < 4.78 is -1.94. The van der Waals surface area contributed by atoms with Crippen molar-refractivity contribution < 1.29 is 4.79 Å². The molecule has 1 heterocycles. The van der Waals surface area contributed by atoms with E-state index in [1.54, 1.807) is 0 Å². The number of nitrogens with zero attached hydrogens (tertiary/aromatic N) is 1. The molecule has 1 aliphatic heterocycles. The Kier molecular flexibility index (Phi) is 5.56. The second kappa shape index (κ2) is 6.99. The molecule has 1 aliphatic rings. The van der Waals surface area contributed by atoms with Gasteiger partial charge in [-0.3, -0.25) is 9.69 Å². The zero-order valence-corrected chi connectivity index (χ0v) is 13.3. The lowest BCUT2D eigenvalue weighted by molar-refractivity contribution is -0.115. The average Bonchev–Trinajstić information content (AvgIpc) is 2.41. The van der Waals surface area contributed by atoms with Crippen molar-refractivity contribution in [2.75, 3.05) is 18.4 Å². The molecule has 0 spiro atoms. The van der Waals surface area contributed by atoms with Crippen LogP contribution in [0.5, 0.6) is 0 Å². The number of carbonyl (C=O) groups is 1. The van der Waals surface area contributed by atoms with Crippen LogP contribution in [0.15, 0.2) is 24.3 Å². The Bertz CT molecular complexity index is 450. The van der Waals surface area contributed by atoms with E-state index in [0.29, 0.717) is 5.69 Å². The van der Waals surface area contributed by atoms with Crippen LogP contribution in [-0.2, 0) is 11.3 Å². The maximum atomic E-state index is 11.5. The largest absolute Gasteiger partial charge is 0.322 e. The zero-order valence-electron chi connectivity index (χ0n) is 11.0. The van der Waals surface area contributed by atoms with E-state index >= 15 is 0 Å². The number of amides is 1. The van der Waals surface area contributed by atoms with Gasteiger partial charge in [-0.05, 0) is 43.6 Å². The van der Waals surface area contributed by atoms with Crippen molar-refractivity contribution in [3.63, 3.8) is 0 Å². The molecule has 1 aromatic rings. The van der Waals surface area contributed by atoms with Crippen LogP contribution in [0.25, 0.3) is 0 Å². The van der Waals surface area contributed by atoms with Crippen LogP contribution >= 0.6 is 34.8 Å². The molecular formula is C14H17Cl3N2O. The van der Waals surface area contributed by atoms with Crippen molar-refractivity contribution in [2.45, 2.75) is 29.6 Å². The lowest BCUT2D eigenvalue weighted by atomic mass is 10.1. The third kappa shape index (κ3) is 4.81. The van der Waals surface area contributed by atoms with Gasteiger partial charge in [0.1, 0.15) is 0 Å². The van der Waals surface area contributed by atoms with Crippen molar-refractivity contribution in [3.05, 3.63) is 29.8 Å². The van der Waals surface area contributed by atoms with Gasteiger partial charge < -0.3 is 5.32 Å².